The lowest BCUT2D eigenvalue weighted by Gasteiger charge is -2.05. The molecule has 2 rings (SSSR count). The summed E-state index contributed by atoms with van der Waals surface area (Å²) in [5.41, 5.74) is -1.29. The van der Waals surface area contributed by atoms with E-state index in [9.17, 15) is 9.18 Å². The first-order valence-corrected chi connectivity index (χ1v) is 4.59. The normalized spacial score (nSPS) is 30.0. The third kappa shape index (κ3) is 1.38. The van der Waals surface area contributed by atoms with Gasteiger partial charge in [-0.3, -0.25) is 4.79 Å². The number of carboxylic acids is 1. The summed E-state index contributed by atoms with van der Waals surface area (Å²) in [6, 6.07) is 6.20. The van der Waals surface area contributed by atoms with Crippen LogP contribution in [0.3, 0.4) is 0 Å². The first kappa shape index (κ1) is 9.46. The average molecular weight is 215 g/mol. The fraction of sp³-hybridized carbons (Fsp3) is 0.300. The maximum absolute atomic E-state index is 13.9. The summed E-state index contributed by atoms with van der Waals surface area (Å²) in [4.78, 5) is 10.6. The van der Waals surface area contributed by atoms with Crippen molar-refractivity contribution >= 4 is 17.6 Å². The summed E-state index contributed by atoms with van der Waals surface area (Å²) < 4.78 is 13.9. The molecule has 0 radical (unpaired) electrons. The highest BCUT2D eigenvalue weighted by Gasteiger charge is 2.61. The Bertz CT molecular complexity index is 376. The molecule has 0 heterocycles. The molecule has 74 valence electrons. The average Bonchev–Trinajstić information content (AvgIpc) is 2.80. The van der Waals surface area contributed by atoms with Gasteiger partial charge in [-0.25, -0.2) is 4.39 Å². The molecule has 1 aromatic rings. The highest BCUT2D eigenvalue weighted by Crippen LogP contribution is 2.55. The minimum absolute atomic E-state index is 0.0595. The summed E-state index contributed by atoms with van der Waals surface area (Å²) >= 11 is 5.64. The zero-order valence-electron chi connectivity index (χ0n) is 7.21. The van der Waals surface area contributed by atoms with Crippen molar-refractivity contribution in [2.24, 2.45) is 5.92 Å². The quantitative estimate of drug-likeness (QED) is 0.822. The Labute approximate surface area is 85.3 Å². The summed E-state index contributed by atoms with van der Waals surface area (Å²) in [6.45, 7) is 0. The largest absolute Gasteiger partial charge is 0.481 e. The molecule has 0 spiro atoms. The van der Waals surface area contributed by atoms with Crippen LogP contribution in [0.15, 0.2) is 24.3 Å². The smallest absolute Gasteiger partial charge is 0.310 e. The minimum atomic E-state index is -1.68. The number of halogens is 2. The van der Waals surface area contributed by atoms with E-state index in [1.54, 1.807) is 12.1 Å². The van der Waals surface area contributed by atoms with Gasteiger partial charge in [0.05, 0.1) is 5.92 Å². The number of hydrogen-bond acceptors (Lipinski definition) is 1. The topological polar surface area (TPSA) is 37.3 Å². The van der Waals surface area contributed by atoms with Crippen LogP contribution in [-0.2, 0) is 10.5 Å². The molecule has 2 atom stereocenters. The monoisotopic (exact) mass is 214 g/mol. The molecule has 1 fully saturated rings. The van der Waals surface area contributed by atoms with Crippen molar-refractivity contribution in [1.82, 2.24) is 0 Å². The first-order valence-electron chi connectivity index (χ1n) is 4.22. The van der Waals surface area contributed by atoms with E-state index in [0.29, 0.717) is 10.6 Å². The van der Waals surface area contributed by atoms with Gasteiger partial charge in [0.2, 0.25) is 0 Å². The van der Waals surface area contributed by atoms with E-state index in [-0.39, 0.29) is 6.42 Å². The van der Waals surface area contributed by atoms with E-state index < -0.39 is 17.6 Å². The number of rotatable bonds is 2. The molecule has 2 nitrogen and oxygen atoms in total. The molecule has 4 heteroatoms. The van der Waals surface area contributed by atoms with Crippen LogP contribution in [0.2, 0.25) is 5.02 Å². The molecular formula is C10H8ClFO2. The van der Waals surface area contributed by atoms with Crippen molar-refractivity contribution in [2.75, 3.05) is 0 Å². The second-order valence-corrected chi connectivity index (χ2v) is 3.90. The molecule has 14 heavy (non-hydrogen) atoms. The highest BCUT2D eigenvalue weighted by atomic mass is 35.5. The van der Waals surface area contributed by atoms with Gasteiger partial charge in [-0.1, -0.05) is 23.7 Å². The van der Waals surface area contributed by atoms with Crippen LogP contribution in [0.25, 0.3) is 0 Å². The Morgan fingerprint density at radius 2 is 2.07 bits per heavy atom. The molecule has 1 saturated carbocycles. The van der Waals surface area contributed by atoms with Gasteiger partial charge in [0.1, 0.15) is 5.67 Å². The molecule has 0 amide bonds. The maximum atomic E-state index is 13.9. The second kappa shape index (κ2) is 2.95. The van der Waals surface area contributed by atoms with E-state index >= 15 is 0 Å². The molecule has 1 aliphatic rings. The zero-order valence-corrected chi connectivity index (χ0v) is 7.96. The molecule has 1 aromatic carbocycles. The lowest BCUT2D eigenvalue weighted by atomic mass is 10.1. The highest BCUT2D eigenvalue weighted by molar-refractivity contribution is 6.30. The summed E-state index contributed by atoms with van der Waals surface area (Å²) in [7, 11) is 0. The van der Waals surface area contributed by atoms with Gasteiger partial charge in [-0.15, -0.1) is 0 Å². The third-order valence-corrected chi connectivity index (χ3v) is 2.77. The zero-order chi connectivity index (χ0) is 10.3. The van der Waals surface area contributed by atoms with Gasteiger partial charge >= 0.3 is 5.97 Å². The van der Waals surface area contributed by atoms with E-state index in [1.807, 2.05) is 0 Å². The summed E-state index contributed by atoms with van der Waals surface area (Å²) in [6.07, 6.45) is 0.0595. The van der Waals surface area contributed by atoms with Crippen LogP contribution in [0.5, 0.6) is 0 Å². The lowest BCUT2D eigenvalue weighted by Crippen LogP contribution is -2.09. The Morgan fingerprint density at radius 3 is 2.50 bits per heavy atom. The number of hydrogen-bond donors (Lipinski definition) is 1. The van der Waals surface area contributed by atoms with Crippen molar-refractivity contribution in [2.45, 2.75) is 12.1 Å². The van der Waals surface area contributed by atoms with E-state index in [2.05, 4.69) is 0 Å². The minimum Gasteiger partial charge on any atom is -0.481 e. The van der Waals surface area contributed by atoms with E-state index in [0.717, 1.165) is 0 Å². The lowest BCUT2D eigenvalue weighted by molar-refractivity contribution is -0.139. The summed E-state index contributed by atoms with van der Waals surface area (Å²) in [5, 5.41) is 9.16. The Morgan fingerprint density at radius 1 is 1.50 bits per heavy atom. The van der Waals surface area contributed by atoms with Crippen LogP contribution >= 0.6 is 11.6 Å². The van der Waals surface area contributed by atoms with Gasteiger partial charge in [-0.2, -0.15) is 0 Å². The van der Waals surface area contributed by atoms with Gasteiger partial charge in [0.25, 0.3) is 0 Å². The molecule has 0 saturated heterocycles. The molecule has 0 aliphatic heterocycles. The molecule has 1 aliphatic carbocycles. The maximum Gasteiger partial charge on any atom is 0.310 e. The van der Waals surface area contributed by atoms with Crippen LogP contribution in [0.1, 0.15) is 12.0 Å². The second-order valence-electron chi connectivity index (χ2n) is 3.46. The van der Waals surface area contributed by atoms with Crippen LogP contribution < -0.4 is 0 Å². The number of carbonyl (C=O) groups is 1. The third-order valence-electron chi connectivity index (χ3n) is 2.52. The standard InChI is InChI=1S/C10H8ClFO2/c11-7-3-1-6(2-4-7)10(12)5-8(10)9(13)14/h1-4,8H,5H2,(H,13,14)/t8-,10-/m0/s1. The Balaban J connectivity index is 2.25. The molecule has 0 unspecified atom stereocenters. The van der Waals surface area contributed by atoms with Crippen molar-refractivity contribution in [3.05, 3.63) is 34.9 Å². The van der Waals surface area contributed by atoms with Crippen molar-refractivity contribution in [3.8, 4) is 0 Å². The first-order chi connectivity index (χ1) is 6.54. The molecule has 0 aromatic heterocycles. The number of alkyl halides is 1. The predicted octanol–water partition coefficient (Wildman–Crippen LogP) is 2.61. The molecule has 1 N–H and O–H groups in total. The van der Waals surface area contributed by atoms with Crippen LogP contribution in [0.4, 0.5) is 4.39 Å². The predicted molar refractivity (Wildman–Crippen MR) is 50.0 cm³/mol. The van der Waals surface area contributed by atoms with E-state index in [4.69, 9.17) is 16.7 Å². The van der Waals surface area contributed by atoms with Gasteiger partial charge in [0.15, 0.2) is 0 Å². The fourth-order valence-electron chi connectivity index (χ4n) is 1.57. The summed E-state index contributed by atoms with van der Waals surface area (Å²) in [5.74, 6) is -1.98. The van der Waals surface area contributed by atoms with Gasteiger partial charge in [0, 0.05) is 11.4 Å². The Hall–Kier alpha value is -1.09. The molecular weight excluding hydrogens is 207 g/mol. The fourth-order valence-corrected chi connectivity index (χ4v) is 1.69. The van der Waals surface area contributed by atoms with Crippen molar-refractivity contribution in [3.63, 3.8) is 0 Å². The van der Waals surface area contributed by atoms with Crippen LogP contribution in [-0.4, -0.2) is 11.1 Å². The number of carboxylic acid groups (broad SMARTS) is 1. The van der Waals surface area contributed by atoms with Crippen molar-refractivity contribution < 1.29 is 14.3 Å². The molecule has 0 bridgehead atoms. The van der Waals surface area contributed by atoms with Crippen molar-refractivity contribution in [1.29, 1.82) is 0 Å². The van der Waals surface area contributed by atoms with Gasteiger partial charge in [-0.05, 0) is 17.7 Å². The van der Waals surface area contributed by atoms with E-state index in [1.165, 1.54) is 12.1 Å². The number of benzene rings is 1. The van der Waals surface area contributed by atoms with Crippen LogP contribution in [0, 0.1) is 5.92 Å². The SMILES string of the molecule is O=C(O)[C@@H]1C[C@]1(F)c1ccc(Cl)cc1. The van der Waals surface area contributed by atoms with Gasteiger partial charge < -0.3 is 5.11 Å². The Kier molecular flexibility index (Phi) is 2.00. The number of aliphatic carboxylic acids is 1.